The van der Waals surface area contributed by atoms with Gasteiger partial charge in [0.15, 0.2) is 6.29 Å². The summed E-state index contributed by atoms with van der Waals surface area (Å²) in [6.45, 7) is 6.45. The van der Waals surface area contributed by atoms with Crippen molar-refractivity contribution in [3.63, 3.8) is 0 Å². The van der Waals surface area contributed by atoms with Gasteiger partial charge < -0.3 is 25.1 Å². The van der Waals surface area contributed by atoms with E-state index in [4.69, 9.17) is 19.9 Å². The highest BCUT2D eigenvalue weighted by Gasteiger charge is 2.39. The third-order valence-electron chi connectivity index (χ3n) is 5.85. The van der Waals surface area contributed by atoms with Gasteiger partial charge in [-0.25, -0.2) is 0 Å². The average molecular weight is 399 g/mol. The SMILES string of the molecule is C[C@H]1[C@@H](CN2CCOCC2)O[C@@H](c2cccc(N)c2)O[C@H]1c1ccc(CO)cc1. The molecule has 2 aromatic carbocycles. The molecule has 0 bridgehead atoms. The Morgan fingerprint density at radius 3 is 2.48 bits per heavy atom. The zero-order valence-corrected chi connectivity index (χ0v) is 16.9. The number of hydrogen-bond acceptors (Lipinski definition) is 6. The molecule has 2 aliphatic heterocycles. The summed E-state index contributed by atoms with van der Waals surface area (Å²) in [4.78, 5) is 2.40. The number of nitrogen functional groups attached to an aromatic ring is 1. The topological polar surface area (TPSA) is 77.2 Å². The molecule has 0 aliphatic carbocycles. The molecule has 3 N–H and O–H groups in total. The molecule has 6 nitrogen and oxygen atoms in total. The fourth-order valence-electron chi connectivity index (χ4n) is 4.07. The molecule has 0 saturated carbocycles. The molecule has 0 radical (unpaired) electrons. The molecular weight excluding hydrogens is 368 g/mol. The number of aliphatic hydroxyl groups is 1. The Bertz CT molecular complexity index is 792. The zero-order chi connectivity index (χ0) is 20.2. The van der Waals surface area contributed by atoms with Gasteiger partial charge in [-0.05, 0) is 23.3 Å². The summed E-state index contributed by atoms with van der Waals surface area (Å²) in [6.07, 6.45) is -0.548. The first-order valence-electron chi connectivity index (χ1n) is 10.3. The lowest BCUT2D eigenvalue weighted by Gasteiger charge is -2.43. The summed E-state index contributed by atoms with van der Waals surface area (Å²) in [5, 5.41) is 9.35. The first-order valence-corrected chi connectivity index (χ1v) is 10.3. The average Bonchev–Trinajstić information content (AvgIpc) is 2.76. The van der Waals surface area contributed by atoms with Crippen molar-refractivity contribution in [1.82, 2.24) is 4.90 Å². The van der Waals surface area contributed by atoms with Crippen molar-refractivity contribution in [2.75, 3.05) is 38.6 Å². The normalized spacial score (nSPS) is 28.3. The van der Waals surface area contributed by atoms with Crippen LogP contribution in [-0.2, 0) is 20.8 Å². The molecule has 0 unspecified atom stereocenters. The number of hydrogen-bond donors (Lipinski definition) is 2. The van der Waals surface area contributed by atoms with Crippen molar-refractivity contribution < 1.29 is 19.3 Å². The van der Waals surface area contributed by atoms with E-state index in [1.807, 2.05) is 48.5 Å². The molecule has 6 heteroatoms. The van der Waals surface area contributed by atoms with Crippen LogP contribution in [0.4, 0.5) is 5.69 Å². The first-order chi connectivity index (χ1) is 14.1. The van der Waals surface area contributed by atoms with Crippen LogP contribution in [-0.4, -0.2) is 49.0 Å². The number of aliphatic hydroxyl groups excluding tert-OH is 1. The molecule has 29 heavy (non-hydrogen) atoms. The number of ether oxygens (including phenoxy) is 3. The minimum absolute atomic E-state index is 0.0239. The fraction of sp³-hybridized carbons (Fsp3) is 0.478. The minimum Gasteiger partial charge on any atom is -0.399 e. The molecule has 0 amide bonds. The van der Waals surface area contributed by atoms with Crippen LogP contribution in [0.25, 0.3) is 0 Å². The maximum Gasteiger partial charge on any atom is 0.185 e. The zero-order valence-electron chi connectivity index (χ0n) is 16.9. The van der Waals surface area contributed by atoms with E-state index < -0.39 is 6.29 Å². The molecule has 4 atom stereocenters. The maximum atomic E-state index is 9.35. The number of rotatable bonds is 5. The summed E-state index contributed by atoms with van der Waals surface area (Å²) >= 11 is 0. The highest BCUT2D eigenvalue weighted by molar-refractivity contribution is 5.41. The first kappa shape index (κ1) is 20.3. The molecule has 2 saturated heterocycles. The van der Waals surface area contributed by atoms with Gasteiger partial charge in [-0.1, -0.05) is 43.3 Å². The Labute approximate surface area is 172 Å². The van der Waals surface area contributed by atoms with Gasteiger partial charge in [-0.15, -0.1) is 0 Å². The van der Waals surface area contributed by atoms with Crippen molar-refractivity contribution >= 4 is 5.69 Å². The molecule has 4 rings (SSSR count). The van der Waals surface area contributed by atoms with Crippen LogP contribution >= 0.6 is 0 Å². The lowest BCUT2D eigenvalue weighted by molar-refractivity contribution is -0.277. The third-order valence-corrected chi connectivity index (χ3v) is 5.85. The van der Waals surface area contributed by atoms with Gasteiger partial charge in [-0.3, -0.25) is 4.90 Å². The van der Waals surface area contributed by atoms with Crippen molar-refractivity contribution in [2.24, 2.45) is 5.92 Å². The smallest absolute Gasteiger partial charge is 0.185 e. The lowest BCUT2D eigenvalue weighted by Crippen LogP contribution is -2.47. The van der Waals surface area contributed by atoms with E-state index >= 15 is 0 Å². The largest absolute Gasteiger partial charge is 0.399 e. The van der Waals surface area contributed by atoms with Crippen LogP contribution in [0.2, 0.25) is 0 Å². The van der Waals surface area contributed by atoms with E-state index in [1.54, 1.807) is 0 Å². The van der Waals surface area contributed by atoms with E-state index in [0.717, 1.165) is 49.5 Å². The van der Waals surface area contributed by atoms with E-state index in [9.17, 15) is 5.11 Å². The Balaban J connectivity index is 1.59. The highest BCUT2D eigenvalue weighted by Crippen LogP contribution is 2.42. The molecule has 0 spiro atoms. The highest BCUT2D eigenvalue weighted by atomic mass is 16.7. The Hall–Kier alpha value is -1.96. The number of nitrogens with two attached hydrogens (primary N) is 1. The van der Waals surface area contributed by atoms with E-state index in [-0.39, 0.29) is 24.7 Å². The molecule has 2 aromatic rings. The minimum atomic E-state index is -0.469. The van der Waals surface area contributed by atoms with Crippen molar-refractivity contribution in [1.29, 1.82) is 0 Å². The van der Waals surface area contributed by atoms with Crippen LogP contribution in [0, 0.1) is 5.92 Å². The summed E-state index contributed by atoms with van der Waals surface area (Å²) in [6, 6.07) is 15.7. The van der Waals surface area contributed by atoms with Gasteiger partial charge in [0.1, 0.15) is 0 Å². The van der Waals surface area contributed by atoms with Crippen LogP contribution in [0.15, 0.2) is 48.5 Å². The predicted octanol–water partition coefficient (Wildman–Crippen LogP) is 2.88. The molecule has 156 valence electrons. The van der Waals surface area contributed by atoms with E-state index in [0.29, 0.717) is 5.69 Å². The van der Waals surface area contributed by atoms with Gasteiger partial charge in [0, 0.05) is 36.8 Å². The van der Waals surface area contributed by atoms with Gasteiger partial charge in [0.2, 0.25) is 0 Å². The number of anilines is 1. The lowest BCUT2D eigenvalue weighted by atomic mass is 9.90. The summed E-state index contributed by atoms with van der Waals surface area (Å²) in [7, 11) is 0. The Morgan fingerprint density at radius 1 is 1.03 bits per heavy atom. The maximum absolute atomic E-state index is 9.35. The fourth-order valence-corrected chi connectivity index (χ4v) is 4.07. The monoisotopic (exact) mass is 398 g/mol. The molecule has 0 aromatic heterocycles. The quantitative estimate of drug-likeness (QED) is 0.754. The van der Waals surface area contributed by atoms with Crippen LogP contribution in [0.3, 0.4) is 0 Å². The Kier molecular flexibility index (Phi) is 6.47. The van der Waals surface area contributed by atoms with Crippen molar-refractivity contribution in [3.05, 3.63) is 65.2 Å². The second kappa shape index (κ2) is 9.24. The van der Waals surface area contributed by atoms with Gasteiger partial charge in [-0.2, -0.15) is 0 Å². The number of morpholine rings is 1. The van der Waals surface area contributed by atoms with Gasteiger partial charge >= 0.3 is 0 Å². The molecule has 2 heterocycles. The van der Waals surface area contributed by atoms with Gasteiger partial charge in [0.25, 0.3) is 0 Å². The van der Waals surface area contributed by atoms with Crippen LogP contribution in [0.5, 0.6) is 0 Å². The third kappa shape index (κ3) is 4.79. The summed E-state index contributed by atoms with van der Waals surface area (Å²) < 4.78 is 18.4. The Morgan fingerprint density at radius 2 is 1.79 bits per heavy atom. The van der Waals surface area contributed by atoms with E-state index in [2.05, 4.69) is 11.8 Å². The van der Waals surface area contributed by atoms with Gasteiger partial charge in [0.05, 0.1) is 32.0 Å². The second-order valence-electron chi connectivity index (χ2n) is 7.91. The van der Waals surface area contributed by atoms with Crippen LogP contribution < -0.4 is 5.73 Å². The summed E-state index contributed by atoms with van der Waals surface area (Å²) in [5.74, 6) is 0.176. The predicted molar refractivity (Wildman–Crippen MR) is 111 cm³/mol. The van der Waals surface area contributed by atoms with Crippen molar-refractivity contribution in [3.8, 4) is 0 Å². The number of nitrogens with zero attached hydrogens (tertiary/aromatic N) is 1. The molecule has 2 fully saturated rings. The summed E-state index contributed by atoms with van der Waals surface area (Å²) in [5.41, 5.74) is 9.62. The van der Waals surface area contributed by atoms with E-state index in [1.165, 1.54) is 0 Å². The molecule has 2 aliphatic rings. The molecular formula is C23H30N2O4. The standard InChI is InChI=1S/C23H30N2O4/c1-16-21(14-25-9-11-27-12-10-25)28-23(19-3-2-4-20(24)13-19)29-22(16)18-7-5-17(15-26)6-8-18/h2-8,13,16,21-23,26H,9-12,14-15,24H2,1H3/t16-,21+,22+,23+/m0/s1. The van der Waals surface area contributed by atoms with Crippen LogP contribution in [0.1, 0.15) is 36.0 Å². The van der Waals surface area contributed by atoms with Crippen molar-refractivity contribution in [2.45, 2.75) is 32.0 Å². The number of benzene rings is 2. The second-order valence-corrected chi connectivity index (χ2v) is 7.91.